The van der Waals surface area contributed by atoms with Crippen molar-refractivity contribution in [1.82, 2.24) is 0 Å². The Kier molecular flexibility index (Phi) is 9.75. The van der Waals surface area contributed by atoms with Crippen molar-refractivity contribution in [3.8, 4) is 5.75 Å². The summed E-state index contributed by atoms with van der Waals surface area (Å²) in [7, 11) is 4.90. The zero-order valence-corrected chi connectivity index (χ0v) is 15.3. The Morgan fingerprint density at radius 3 is 1.79 bits per heavy atom. The molecule has 19 heavy (non-hydrogen) atoms. The third-order valence-electron chi connectivity index (χ3n) is 2.59. The van der Waals surface area contributed by atoms with Gasteiger partial charge in [0.25, 0.3) is 0 Å². The second kappa shape index (κ2) is 10.1. The van der Waals surface area contributed by atoms with E-state index in [-0.39, 0.29) is 5.75 Å². The van der Waals surface area contributed by atoms with Gasteiger partial charge >= 0.3 is 8.80 Å². The quantitative estimate of drug-likeness (QED) is 0.785. The van der Waals surface area contributed by atoms with Gasteiger partial charge in [-0.3, -0.25) is 0 Å². The van der Waals surface area contributed by atoms with Crippen LogP contribution in [-0.4, -0.2) is 52.8 Å². The summed E-state index contributed by atoms with van der Waals surface area (Å²) in [5.74, 6) is 0.275. The predicted octanol–water partition coefficient (Wildman–Crippen LogP) is 0.726. The van der Waals surface area contributed by atoms with Crippen molar-refractivity contribution in [2.45, 2.75) is 12.5 Å². The molecule has 1 aromatic carbocycles. The van der Waals surface area contributed by atoms with Crippen LogP contribution in [0.5, 0.6) is 5.75 Å². The number of phenols is 1. The maximum Gasteiger partial charge on any atom is 0.500 e. The minimum Gasteiger partial charge on any atom is -0.508 e. The highest BCUT2D eigenvalue weighted by molar-refractivity contribution is 6.60. The van der Waals surface area contributed by atoms with Crippen LogP contribution in [0.4, 0.5) is 0 Å². The Morgan fingerprint density at radius 2 is 1.42 bits per heavy atom. The maximum absolute atomic E-state index is 9.16. The lowest BCUT2D eigenvalue weighted by atomic mass is 10.2. The SMILES string of the molecule is CO[SiH3].CO[Si](CCc1ccc(O)cc1)(OC)OC. The van der Waals surface area contributed by atoms with Crippen LogP contribution in [0.2, 0.25) is 6.04 Å². The molecule has 0 unspecified atom stereocenters. The summed E-state index contributed by atoms with van der Waals surface area (Å²) in [5.41, 5.74) is 1.13. The molecule has 0 amide bonds. The highest BCUT2D eigenvalue weighted by atomic mass is 28.4. The van der Waals surface area contributed by atoms with E-state index in [1.165, 1.54) is 0 Å². The van der Waals surface area contributed by atoms with Gasteiger partial charge < -0.3 is 22.8 Å². The predicted molar refractivity (Wildman–Crippen MR) is 80.3 cm³/mol. The van der Waals surface area contributed by atoms with Gasteiger partial charge in [0.2, 0.25) is 0 Å². The van der Waals surface area contributed by atoms with E-state index in [1.807, 2.05) is 12.1 Å². The lowest BCUT2D eigenvalue weighted by molar-refractivity contribution is 0.123. The molecule has 0 aliphatic heterocycles. The number of rotatable bonds is 6. The topological polar surface area (TPSA) is 57.2 Å². The fraction of sp³-hybridized carbons (Fsp3) is 0.500. The summed E-state index contributed by atoms with van der Waals surface area (Å²) in [6.07, 6.45) is 0.808. The second-order valence-corrected chi connectivity index (χ2v) is 7.78. The van der Waals surface area contributed by atoms with Crippen LogP contribution in [0.3, 0.4) is 0 Å². The van der Waals surface area contributed by atoms with Crippen LogP contribution in [0.25, 0.3) is 0 Å². The van der Waals surface area contributed by atoms with E-state index in [0.29, 0.717) is 0 Å². The molecule has 0 aliphatic rings. The summed E-state index contributed by atoms with van der Waals surface area (Å²) < 4.78 is 20.4. The van der Waals surface area contributed by atoms with Crippen LogP contribution in [0.1, 0.15) is 5.56 Å². The van der Waals surface area contributed by atoms with Crippen LogP contribution in [-0.2, 0) is 24.1 Å². The van der Waals surface area contributed by atoms with Crippen molar-refractivity contribution in [3.05, 3.63) is 29.8 Å². The Morgan fingerprint density at radius 1 is 1.00 bits per heavy atom. The lowest BCUT2D eigenvalue weighted by Crippen LogP contribution is -2.43. The molecule has 0 bridgehead atoms. The molecule has 0 saturated heterocycles. The minimum absolute atomic E-state index is 0.275. The highest BCUT2D eigenvalue weighted by Crippen LogP contribution is 2.18. The maximum atomic E-state index is 9.16. The van der Waals surface area contributed by atoms with E-state index in [1.54, 1.807) is 40.6 Å². The number of hydrogen-bond donors (Lipinski definition) is 1. The summed E-state index contributed by atoms with van der Waals surface area (Å²) >= 11 is 0. The fourth-order valence-corrected chi connectivity index (χ4v) is 3.22. The molecule has 1 rings (SSSR count). The van der Waals surface area contributed by atoms with E-state index >= 15 is 0 Å². The van der Waals surface area contributed by atoms with Crippen LogP contribution < -0.4 is 0 Å². The Hall–Kier alpha value is -0.706. The van der Waals surface area contributed by atoms with E-state index in [2.05, 4.69) is 4.43 Å². The van der Waals surface area contributed by atoms with Gasteiger partial charge in [0.1, 0.15) is 16.2 Å². The smallest absolute Gasteiger partial charge is 0.500 e. The summed E-state index contributed by atoms with van der Waals surface area (Å²) in [4.78, 5) is 0. The van der Waals surface area contributed by atoms with Gasteiger partial charge in [0.15, 0.2) is 0 Å². The van der Waals surface area contributed by atoms with Crippen molar-refractivity contribution in [2.75, 3.05) is 28.4 Å². The van der Waals surface area contributed by atoms with Crippen LogP contribution >= 0.6 is 0 Å². The molecule has 7 heteroatoms. The first-order valence-electron chi connectivity index (χ1n) is 5.91. The Balaban J connectivity index is 0.000000982. The monoisotopic (exact) mass is 304 g/mol. The molecular weight excluding hydrogens is 280 g/mol. The summed E-state index contributed by atoms with van der Waals surface area (Å²) in [6, 6.07) is 7.84. The molecule has 0 aromatic heterocycles. The molecule has 1 aromatic rings. The average molecular weight is 304 g/mol. The van der Waals surface area contributed by atoms with Gasteiger partial charge in [-0.15, -0.1) is 0 Å². The van der Waals surface area contributed by atoms with Gasteiger partial charge in [-0.25, -0.2) is 0 Å². The van der Waals surface area contributed by atoms with Gasteiger partial charge in [-0.2, -0.15) is 0 Å². The van der Waals surface area contributed by atoms with E-state index in [9.17, 15) is 0 Å². The molecule has 0 spiro atoms. The van der Waals surface area contributed by atoms with E-state index < -0.39 is 8.80 Å². The summed E-state index contributed by atoms with van der Waals surface area (Å²) in [6.45, 7) is 0. The van der Waals surface area contributed by atoms with Crippen molar-refractivity contribution < 1.29 is 22.8 Å². The number of phenolic OH excluding ortho intramolecular Hbond substituents is 1. The summed E-state index contributed by atoms with van der Waals surface area (Å²) in [5, 5.41) is 9.16. The van der Waals surface area contributed by atoms with Gasteiger partial charge in [-0.05, 0) is 24.1 Å². The number of aryl methyl sites for hydroxylation is 1. The first kappa shape index (κ1) is 18.3. The number of hydrogen-bond acceptors (Lipinski definition) is 5. The zero-order valence-electron chi connectivity index (χ0n) is 12.3. The Bertz CT molecular complexity index is 319. The lowest BCUT2D eigenvalue weighted by Gasteiger charge is -2.24. The molecule has 0 saturated carbocycles. The minimum atomic E-state index is -2.48. The van der Waals surface area contributed by atoms with Crippen molar-refractivity contribution >= 4 is 19.3 Å². The molecule has 1 N–H and O–H groups in total. The highest BCUT2D eigenvalue weighted by Gasteiger charge is 2.36. The molecule has 5 nitrogen and oxygen atoms in total. The molecule has 0 fully saturated rings. The van der Waals surface area contributed by atoms with Crippen LogP contribution in [0, 0.1) is 0 Å². The van der Waals surface area contributed by atoms with Gasteiger partial charge in [0, 0.05) is 34.5 Å². The largest absolute Gasteiger partial charge is 0.508 e. The van der Waals surface area contributed by atoms with E-state index in [0.717, 1.165) is 28.5 Å². The van der Waals surface area contributed by atoms with Crippen molar-refractivity contribution in [3.63, 3.8) is 0 Å². The third kappa shape index (κ3) is 6.85. The molecular formula is C12H24O5Si2. The third-order valence-corrected chi connectivity index (χ3v) is 5.32. The van der Waals surface area contributed by atoms with Crippen molar-refractivity contribution in [1.29, 1.82) is 0 Å². The second-order valence-electron chi connectivity index (χ2n) is 3.87. The standard InChI is InChI=1S/C11H18O4Si.CH6OSi/c1-13-16(14-2,15-3)9-8-10-4-6-11(12)7-5-10;1-2-3/h4-7,12H,8-9H2,1-3H3;1,3H3. The molecule has 0 aliphatic carbocycles. The van der Waals surface area contributed by atoms with Crippen LogP contribution in [0.15, 0.2) is 24.3 Å². The Labute approximate surface area is 119 Å². The normalized spacial score (nSPS) is 10.9. The van der Waals surface area contributed by atoms with E-state index in [4.69, 9.17) is 18.4 Å². The first-order chi connectivity index (χ1) is 9.07. The average Bonchev–Trinajstić information content (AvgIpc) is 2.44. The molecule has 0 heterocycles. The van der Waals surface area contributed by atoms with Gasteiger partial charge in [0.05, 0.1) is 0 Å². The van der Waals surface area contributed by atoms with Gasteiger partial charge in [-0.1, -0.05) is 12.1 Å². The fourth-order valence-electron chi connectivity index (χ4n) is 1.52. The zero-order chi connectivity index (χ0) is 14.7. The number of benzene rings is 1. The molecule has 0 radical (unpaired) electrons. The molecule has 110 valence electrons. The van der Waals surface area contributed by atoms with Crippen molar-refractivity contribution in [2.24, 2.45) is 0 Å². The number of aromatic hydroxyl groups is 1. The first-order valence-corrected chi connectivity index (χ1v) is 8.65. The molecule has 0 atom stereocenters.